The Balaban J connectivity index is 1.70. The van der Waals surface area contributed by atoms with Crippen LogP contribution in [0, 0.1) is 11.8 Å². The maximum absolute atomic E-state index is 12.6. The Morgan fingerprint density at radius 3 is 2.33 bits per heavy atom. The number of nitrogens with zero attached hydrogens (tertiary/aromatic N) is 1. The van der Waals surface area contributed by atoms with Crippen LogP contribution in [-0.2, 0) is 14.4 Å². The van der Waals surface area contributed by atoms with Gasteiger partial charge in [-0.2, -0.15) is 8.78 Å². The second-order valence-corrected chi connectivity index (χ2v) is 7.14. The van der Waals surface area contributed by atoms with Gasteiger partial charge in [-0.3, -0.25) is 19.3 Å². The summed E-state index contributed by atoms with van der Waals surface area (Å²) >= 11 is 5.86. The van der Waals surface area contributed by atoms with Gasteiger partial charge in [0.2, 0.25) is 17.7 Å². The van der Waals surface area contributed by atoms with Gasteiger partial charge in [-0.25, -0.2) is 0 Å². The second-order valence-electron chi connectivity index (χ2n) is 6.73. The molecule has 27 heavy (non-hydrogen) atoms. The molecule has 1 heterocycles. The van der Waals surface area contributed by atoms with Crippen molar-refractivity contribution >= 4 is 35.0 Å². The highest BCUT2D eigenvalue weighted by Crippen LogP contribution is 2.39. The van der Waals surface area contributed by atoms with Gasteiger partial charge in [0.05, 0.1) is 16.9 Å². The van der Waals surface area contributed by atoms with Crippen molar-refractivity contribution < 1.29 is 27.9 Å². The van der Waals surface area contributed by atoms with E-state index in [1.54, 1.807) is 0 Å². The van der Waals surface area contributed by atoms with Gasteiger partial charge in [0, 0.05) is 5.69 Å². The Labute approximate surface area is 159 Å². The largest absolute Gasteiger partial charge is 0.433 e. The Bertz CT molecular complexity index is 750. The average Bonchev–Trinajstić information content (AvgIpc) is 2.88. The Hall–Kier alpha value is -2.22. The number of amides is 3. The molecular formula is C18H19ClF2N2O4. The minimum absolute atomic E-state index is 0.0971. The molecule has 3 atom stereocenters. The zero-order valence-electron chi connectivity index (χ0n) is 14.6. The number of fused-ring (bicyclic) bond motifs is 1. The van der Waals surface area contributed by atoms with E-state index in [4.69, 9.17) is 11.6 Å². The van der Waals surface area contributed by atoms with Gasteiger partial charge in [-0.1, -0.05) is 24.4 Å². The lowest BCUT2D eigenvalue weighted by Gasteiger charge is -2.22. The molecule has 0 bridgehead atoms. The fourth-order valence-electron chi connectivity index (χ4n) is 3.70. The molecule has 1 aromatic carbocycles. The lowest BCUT2D eigenvalue weighted by atomic mass is 9.81. The highest BCUT2D eigenvalue weighted by molar-refractivity contribution is 6.32. The van der Waals surface area contributed by atoms with Crippen LogP contribution in [0.25, 0.3) is 0 Å². The summed E-state index contributed by atoms with van der Waals surface area (Å²) in [6, 6.07) is 2.83. The van der Waals surface area contributed by atoms with Crippen molar-refractivity contribution in [3.8, 4) is 5.75 Å². The Kier molecular flexibility index (Phi) is 5.64. The molecule has 1 aromatic rings. The standard InChI is InChI=1S/C18H19ClF2N2O4/c1-9(23-16(25)11-4-2-3-5-12(11)17(23)26)15(24)22-10-6-7-14(13(19)8-10)27-18(20)21/h6-9,11-12,18H,2-5H2,1H3,(H,22,24). The maximum Gasteiger partial charge on any atom is 0.387 e. The Morgan fingerprint density at radius 2 is 1.81 bits per heavy atom. The van der Waals surface area contributed by atoms with Gasteiger partial charge in [-0.15, -0.1) is 0 Å². The highest BCUT2D eigenvalue weighted by atomic mass is 35.5. The van der Waals surface area contributed by atoms with Crippen molar-refractivity contribution in [2.24, 2.45) is 11.8 Å². The van der Waals surface area contributed by atoms with Gasteiger partial charge in [0.1, 0.15) is 11.8 Å². The number of carbonyl (C=O) groups excluding carboxylic acids is 3. The summed E-state index contributed by atoms with van der Waals surface area (Å²) in [5, 5.41) is 2.45. The van der Waals surface area contributed by atoms with Crippen molar-refractivity contribution in [2.45, 2.75) is 45.3 Å². The number of rotatable bonds is 5. The summed E-state index contributed by atoms with van der Waals surface area (Å²) in [4.78, 5) is 38.7. The summed E-state index contributed by atoms with van der Waals surface area (Å²) in [6.45, 7) is -1.53. The van der Waals surface area contributed by atoms with Crippen LogP contribution < -0.4 is 10.1 Å². The van der Waals surface area contributed by atoms with E-state index in [1.165, 1.54) is 25.1 Å². The van der Waals surface area contributed by atoms with E-state index in [0.29, 0.717) is 12.8 Å². The topological polar surface area (TPSA) is 75.7 Å². The molecule has 2 fully saturated rings. The first-order valence-corrected chi connectivity index (χ1v) is 9.09. The van der Waals surface area contributed by atoms with Gasteiger partial charge in [0.15, 0.2) is 0 Å². The number of hydrogen-bond donors (Lipinski definition) is 1. The molecule has 1 saturated carbocycles. The third-order valence-electron chi connectivity index (χ3n) is 5.06. The number of alkyl halides is 2. The van der Waals surface area contributed by atoms with Crippen LogP contribution in [0.1, 0.15) is 32.6 Å². The number of hydrogen-bond acceptors (Lipinski definition) is 4. The van der Waals surface area contributed by atoms with Crippen LogP contribution >= 0.6 is 11.6 Å². The lowest BCUT2D eigenvalue weighted by molar-refractivity contribution is -0.146. The number of benzene rings is 1. The minimum atomic E-state index is -3.02. The molecule has 1 aliphatic carbocycles. The summed E-state index contributed by atoms with van der Waals surface area (Å²) in [5.41, 5.74) is 0.245. The normalized spacial score (nSPS) is 23.4. The first kappa shape index (κ1) is 19.5. The monoisotopic (exact) mass is 400 g/mol. The quantitative estimate of drug-likeness (QED) is 0.768. The zero-order chi connectivity index (χ0) is 19.7. The van der Waals surface area contributed by atoms with Crippen molar-refractivity contribution in [3.05, 3.63) is 23.2 Å². The highest BCUT2D eigenvalue weighted by Gasteiger charge is 2.50. The van der Waals surface area contributed by atoms with Crippen molar-refractivity contribution in [1.82, 2.24) is 4.90 Å². The van der Waals surface area contributed by atoms with Crippen LogP contribution in [0.2, 0.25) is 5.02 Å². The smallest absolute Gasteiger partial charge is 0.387 e. The molecule has 6 nitrogen and oxygen atoms in total. The molecule has 1 aliphatic heterocycles. The fourth-order valence-corrected chi connectivity index (χ4v) is 3.93. The van der Waals surface area contributed by atoms with Crippen LogP contribution in [0.4, 0.5) is 14.5 Å². The number of anilines is 1. The predicted octanol–water partition coefficient (Wildman–Crippen LogP) is 3.44. The molecule has 3 amide bonds. The van der Waals surface area contributed by atoms with Crippen LogP contribution in [0.15, 0.2) is 18.2 Å². The van der Waals surface area contributed by atoms with E-state index in [0.717, 1.165) is 17.7 Å². The van der Waals surface area contributed by atoms with Gasteiger partial charge >= 0.3 is 6.61 Å². The van der Waals surface area contributed by atoms with Crippen LogP contribution in [0.5, 0.6) is 5.75 Å². The van der Waals surface area contributed by atoms with Crippen molar-refractivity contribution in [1.29, 1.82) is 0 Å². The van der Waals surface area contributed by atoms with E-state index in [1.807, 2.05) is 0 Å². The third-order valence-corrected chi connectivity index (χ3v) is 5.35. The average molecular weight is 401 g/mol. The molecule has 3 unspecified atom stereocenters. The SMILES string of the molecule is CC(C(=O)Nc1ccc(OC(F)F)c(Cl)c1)N1C(=O)C2CCCCC2C1=O. The van der Waals surface area contributed by atoms with Gasteiger partial charge < -0.3 is 10.1 Å². The number of halogens is 3. The summed E-state index contributed by atoms with van der Waals surface area (Å²) in [6.07, 6.45) is 3.14. The molecular weight excluding hydrogens is 382 g/mol. The molecule has 1 saturated heterocycles. The summed E-state index contributed by atoms with van der Waals surface area (Å²) in [5.74, 6) is -2.04. The molecule has 146 valence electrons. The van der Waals surface area contributed by atoms with E-state index in [9.17, 15) is 23.2 Å². The number of nitrogens with one attached hydrogen (secondary N) is 1. The van der Waals surface area contributed by atoms with E-state index in [-0.39, 0.29) is 40.1 Å². The van der Waals surface area contributed by atoms with Gasteiger partial charge in [0.25, 0.3) is 0 Å². The van der Waals surface area contributed by atoms with Crippen LogP contribution in [0.3, 0.4) is 0 Å². The number of ether oxygens (including phenoxy) is 1. The molecule has 9 heteroatoms. The second kappa shape index (κ2) is 7.80. The Morgan fingerprint density at radius 1 is 1.22 bits per heavy atom. The molecule has 1 N–H and O–H groups in total. The number of likely N-dealkylation sites (tertiary alicyclic amines) is 1. The molecule has 2 aliphatic rings. The minimum Gasteiger partial charge on any atom is -0.433 e. The maximum atomic E-state index is 12.6. The van der Waals surface area contributed by atoms with Gasteiger partial charge in [-0.05, 0) is 38.0 Å². The van der Waals surface area contributed by atoms with E-state index < -0.39 is 18.6 Å². The summed E-state index contributed by atoms with van der Waals surface area (Å²) < 4.78 is 28.8. The van der Waals surface area contributed by atoms with E-state index in [2.05, 4.69) is 10.1 Å². The lowest BCUT2D eigenvalue weighted by Crippen LogP contribution is -2.46. The fraction of sp³-hybridized carbons (Fsp3) is 0.500. The zero-order valence-corrected chi connectivity index (χ0v) is 15.3. The van der Waals surface area contributed by atoms with E-state index >= 15 is 0 Å². The first-order valence-electron chi connectivity index (χ1n) is 8.71. The first-order chi connectivity index (χ1) is 12.8. The van der Waals surface area contributed by atoms with Crippen molar-refractivity contribution in [2.75, 3.05) is 5.32 Å². The molecule has 3 rings (SSSR count). The van der Waals surface area contributed by atoms with Crippen molar-refractivity contribution in [3.63, 3.8) is 0 Å². The molecule has 0 radical (unpaired) electrons. The van der Waals surface area contributed by atoms with Crippen LogP contribution in [-0.4, -0.2) is 35.3 Å². The number of imide groups is 1. The molecule has 0 aromatic heterocycles. The third kappa shape index (κ3) is 3.90. The predicted molar refractivity (Wildman–Crippen MR) is 93.5 cm³/mol. The summed E-state index contributed by atoms with van der Waals surface area (Å²) in [7, 11) is 0. The number of carbonyl (C=O) groups is 3. The molecule has 0 spiro atoms.